The summed E-state index contributed by atoms with van der Waals surface area (Å²) in [5, 5.41) is 8.89. The van der Waals surface area contributed by atoms with Crippen LogP contribution in [0.1, 0.15) is 10.4 Å². The van der Waals surface area contributed by atoms with Gasteiger partial charge in [0.2, 0.25) is 0 Å². The summed E-state index contributed by atoms with van der Waals surface area (Å²) < 4.78 is 0. The molecule has 0 unspecified atom stereocenters. The van der Waals surface area contributed by atoms with Gasteiger partial charge in [0.05, 0.1) is 6.54 Å². The summed E-state index contributed by atoms with van der Waals surface area (Å²) in [5.74, 6) is 0.876. The van der Waals surface area contributed by atoms with Crippen molar-refractivity contribution in [1.82, 2.24) is 20.4 Å². The van der Waals surface area contributed by atoms with Crippen LogP contribution >= 0.6 is 11.3 Å². The molecule has 0 spiro atoms. The van der Waals surface area contributed by atoms with Gasteiger partial charge in [0.15, 0.2) is 5.96 Å². The topological polar surface area (TPSA) is 42.9 Å². The fraction of sp³-hybridized carbons (Fsp3) is 0.450. The Morgan fingerprint density at radius 1 is 1.00 bits per heavy atom. The molecule has 1 aromatic carbocycles. The molecule has 26 heavy (non-hydrogen) atoms. The maximum absolute atomic E-state index is 4.30. The number of nitrogens with zero attached hydrogens (tertiary/aromatic N) is 3. The van der Waals surface area contributed by atoms with Gasteiger partial charge in [0.25, 0.3) is 0 Å². The first-order valence-corrected chi connectivity index (χ1v) is 10.2. The van der Waals surface area contributed by atoms with Crippen LogP contribution in [-0.2, 0) is 13.1 Å². The third-order valence-corrected chi connectivity index (χ3v) is 5.54. The molecule has 2 N–H and O–H groups in total. The maximum Gasteiger partial charge on any atom is 0.191 e. The molecule has 2 aromatic rings. The quantitative estimate of drug-likeness (QED) is 0.579. The molecule has 3 rings (SSSR count). The highest BCUT2D eigenvalue weighted by molar-refractivity contribution is 7.09. The van der Waals surface area contributed by atoms with E-state index < -0.39 is 0 Å². The lowest BCUT2D eigenvalue weighted by atomic mass is 10.2. The second-order valence-corrected chi connectivity index (χ2v) is 7.57. The van der Waals surface area contributed by atoms with Gasteiger partial charge in [0, 0.05) is 57.7 Å². The number of aliphatic imine (C=N–C) groups is 1. The maximum atomic E-state index is 4.30. The van der Waals surface area contributed by atoms with Gasteiger partial charge < -0.3 is 10.6 Å². The first kappa shape index (κ1) is 18.9. The van der Waals surface area contributed by atoms with Crippen LogP contribution in [0.2, 0.25) is 0 Å². The normalized spacial score (nSPS) is 16.6. The molecule has 1 saturated heterocycles. The van der Waals surface area contributed by atoms with Crippen LogP contribution in [0, 0.1) is 0 Å². The second kappa shape index (κ2) is 10.3. The Hall–Kier alpha value is -1.89. The average molecular weight is 372 g/mol. The summed E-state index contributed by atoms with van der Waals surface area (Å²) in [4.78, 5) is 10.7. The lowest BCUT2D eigenvalue weighted by molar-refractivity contribution is 0.129. The van der Waals surface area contributed by atoms with Crippen molar-refractivity contribution < 1.29 is 0 Å². The molecule has 140 valence electrons. The van der Waals surface area contributed by atoms with Gasteiger partial charge >= 0.3 is 0 Å². The minimum Gasteiger partial charge on any atom is -0.355 e. The van der Waals surface area contributed by atoms with Gasteiger partial charge in [-0.25, -0.2) is 0 Å². The van der Waals surface area contributed by atoms with Gasteiger partial charge in [-0.15, -0.1) is 11.3 Å². The monoisotopic (exact) mass is 371 g/mol. The van der Waals surface area contributed by atoms with Gasteiger partial charge in [-0.3, -0.25) is 14.8 Å². The van der Waals surface area contributed by atoms with Crippen molar-refractivity contribution in [2.24, 2.45) is 4.99 Å². The van der Waals surface area contributed by atoms with Crippen LogP contribution < -0.4 is 10.6 Å². The number of hydrogen-bond acceptors (Lipinski definition) is 4. The average Bonchev–Trinajstić information content (AvgIpc) is 3.20. The van der Waals surface area contributed by atoms with E-state index in [2.05, 4.69) is 73.3 Å². The SMILES string of the molecule is CN=C(NCCN1CCN(Cc2ccccc2)CC1)NCc1cccs1. The van der Waals surface area contributed by atoms with E-state index in [1.807, 2.05) is 7.05 Å². The third-order valence-electron chi connectivity index (χ3n) is 4.67. The Kier molecular flexibility index (Phi) is 7.49. The summed E-state index contributed by atoms with van der Waals surface area (Å²) in [6.45, 7) is 8.41. The number of thiophene rings is 1. The van der Waals surface area contributed by atoms with E-state index in [-0.39, 0.29) is 0 Å². The summed E-state index contributed by atoms with van der Waals surface area (Å²) >= 11 is 1.76. The van der Waals surface area contributed by atoms with E-state index in [1.165, 1.54) is 10.4 Å². The van der Waals surface area contributed by atoms with Gasteiger partial charge in [-0.05, 0) is 17.0 Å². The van der Waals surface area contributed by atoms with Crippen molar-refractivity contribution in [1.29, 1.82) is 0 Å². The highest BCUT2D eigenvalue weighted by Crippen LogP contribution is 2.08. The van der Waals surface area contributed by atoms with E-state index in [9.17, 15) is 0 Å². The largest absolute Gasteiger partial charge is 0.355 e. The van der Waals surface area contributed by atoms with Crippen molar-refractivity contribution in [3.8, 4) is 0 Å². The van der Waals surface area contributed by atoms with Gasteiger partial charge in [-0.1, -0.05) is 36.4 Å². The molecule has 0 atom stereocenters. The molecule has 0 amide bonds. The molecule has 2 heterocycles. The zero-order valence-electron chi connectivity index (χ0n) is 15.5. The van der Waals surface area contributed by atoms with Crippen LogP contribution in [0.15, 0.2) is 52.8 Å². The van der Waals surface area contributed by atoms with E-state index in [4.69, 9.17) is 0 Å². The Morgan fingerprint density at radius 3 is 2.46 bits per heavy atom. The fourth-order valence-corrected chi connectivity index (χ4v) is 3.79. The molecule has 0 saturated carbocycles. The summed E-state index contributed by atoms with van der Waals surface area (Å²) in [6, 6.07) is 15.0. The highest BCUT2D eigenvalue weighted by atomic mass is 32.1. The highest BCUT2D eigenvalue weighted by Gasteiger charge is 2.16. The van der Waals surface area contributed by atoms with E-state index in [0.717, 1.165) is 58.3 Å². The molecule has 1 aromatic heterocycles. The summed E-state index contributed by atoms with van der Waals surface area (Å²) in [6.07, 6.45) is 0. The molecule has 1 aliphatic rings. The number of hydrogen-bond donors (Lipinski definition) is 2. The van der Waals surface area contributed by atoms with Crippen LogP contribution in [0.3, 0.4) is 0 Å². The Bertz CT molecular complexity index is 648. The third kappa shape index (κ3) is 6.12. The summed E-state index contributed by atoms with van der Waals surface area (Å²) in [7, 11) is 1.83. The van der Waals surface area contributed by atoms with E-state index in [1.54, 1.807) is 11.3 Å². The minimum absolute atomic E-state index is 0.829. The minimum atomic E-state index is 0.829. The predicted octanol–water partition coefficient (Wildman–Crippen LogP) is 2.23. The van der Waals surface area contributed by atoms with Crippen LogP contribution in [0.5, 0.6) is 0 Å². The molecule has 1 aliphatic heterocycles. The van der Waals surface area contributed by atoms with E-state index in [0.29, 0.717) is 0 Å². The second-order valence-electron chi connectivity index (χ2n) is 6.54. The molecule has 0 aliphatic carbocycles. The Balaban J connectivity index is 1.30. The van der Waals surface area contributed by atoms with Crippen molar-refractivity contribution in [2.75, 3.05) is 46.3 Å². The number of rotatable bonds is 7. The number of guanidine groups is 1. The standard InChI is InChI=1S/C20H29N5S/c1-21-20(23-16-19-8-5-15-26-19)22-9-10-24-11-13-25(14-12-24)17-18-6-3-2-4-7-18/h2-8,15H,9-14,16-17H2,1H3,(H2,21,22,23). The lowest BCUT2D eigenvalue weighted by Gasteiger charge is -2.34. The molecule has 6 heteroatoms. The Labute approximate surface area is 160 Å². The molecular formula is C20H29N5S. The molecule has 1 fully saturated rings. The van der Waals surface area contributed by atoms with Crippen molar-refractivity contribution >= 4 is 17.3 Å². The van der Waals surface area contributed by atoms with Crippen molar-refractivity contribution in [2.45, 2.75) is 13.1 Å². The number of piperazine rings is 1. The zero-order chi connectivity index (χ0) is 18.0. The van der Waals surface area contributed by atoms with Crippen molar-refractivity contribution in [3.63, 3.8) is 0 Å². The van der Waals surface area contributed by atoms with Crippen LogP contribution in [0.25, 0.3) is 0 Å². The molecule has 0 radical (unpaired) electrons. The first-order chi connectivity index (χ1) is 12.8. The Morgan fingerprint density at radius 2 is 1.77 bits per heavy atom. The van der Waals surface area contributed by atoms with Gasteiger partial charge in [-0.2, -0.15) is 0 Å². The van der Waals surface area contributed by atoms with Crippen LogP contribution in [-0.4, -0.2) is 62.1 Å². The van der Waals surface area contributed by atoms with Gasteiger partial charge in [0.1, 0.15) is 0 Å². The fourth-order valence-electron chi connectivity index (χ4n) is 3.15. The van der Waals surface area contributed by atoms with Crippen LogP contribution in [0.4, 0.5) is 0 Å². The van der Waals surface area contributed by atoms with Crippen molar-refractivity contribution in [3.05, 3.63) is 58.3 Å². The first-order valence-electron chi connectivity index (χ1n) is 9.29. The lowest BCUT2D eigenvalue weighted by Crippen LogP contribution is -2.48. The molecule has 5 nitrogen and oxygen atoms in total. The summed E-state index contributed by atoms with van der Waals surface area (Å²) in [5.41, 5.74) is 1.41. The zero-order valence-corrected chi connectivity index (χ0v) is 16.3. The number of benzene rings is 1. The predicted molar refractivity (Wildman–Crippen MR) is 111 cm³/mol. The smallest absolute Gasteiger partial charge is 0.191 e. The molecule has 0 bridgehead atoms. The number of nitrogens with one attached hydrogen (secondary N) is 2. The van der Waals surface area contributed by atoms with E-state index >= 15 is 0 Å². The molecular weight excluding hydrogens is 342 g/mol.